The number of sulfonamides is 1. The Bertz CT molecular complexity index is 1100. The number of nitriles is 1. The van der Waals surface area contributed by atoms with Crippen molar-refractivity contribution in [3.05, 3.63) is 53.6 Å². The lowest BCUT2D eigenvalue weighted by molar-refractivity contribution is -0.136. The molecular weight excluding hydrogens is 402 g/mol. The van der Waals surface area contributed by atoms with Crippen LogP contribution in [0.25, 0.3) is 0 Å². The Balaban J connectivity index is 1.61. The molecule has 2 aromatic carbocycles. The fourth-order valence-electron chi connectivity index (χ4n) is 4.13. The smallest absolute Gasteiger partial charge is 0.263 e. The van der Waals surface area contributed by atoms with E-state index >= 15 is 0 Å². The van der Waals surface area contributed by atoms with Crippen molar-refractivity contribution in [2.45, 2.75) is 49.6 Å². The van der Waals surface area contributed by atoms with Crippen LogP contribution in [0.3, 0.4) is 0 Å². The highest BCUT2D eigenvalue weighted by atomic mass is 32.2. The Morgan fingerprint density at radius 2 is 1.87 bits per heavy atom. The number of hydrogen-bond acceptors (Lipinski definition) is 5. The third-order valence-corrected chi connectivity index (χ3v) is 7.08. The van der Waals surface area contributed by atoms with Crippen LogP contribution in [-0.4, -0.2) is 31.9 Å². The second kappa shape index (κ2) is 8.36. The predicted octanol–water partition coefficient (Wildman–Crippen LogP) is 3.41. The second-order valence-electron chi connectivity index (χ2n) is 7.64. The zero-order valence-electron chi connectivity index (χ0n) is 16.5. The molecule has 2 aliphatic rings. The molecule has 2 aromatic rings. The van der Waals surface area contributed by atoms with Crippen LogP contribution in [0.4, 0.5) is 5.69 Å². The van der Waals surface area contributed by atoms with Gasteiger partial charge in [-0.25, -0.2) is 8.42 Å². The quantitative estimate of drug-likeness (QED) is 0.809. The summed E-state index contributed by atoms with van der Waals surface area (Å²) in [5.41, 5.74) is 1.21. The van der Waals surface area contributed by atoms with Crippen LogP contribution < -0.4 is 9.46 Å². The van der Waals surface area contributed by atoms with Gasteiger partial charge in [0.15, 0.2) is 6.61 Å². The largest absolute Gasteiger partial charge is 0.483 e. The molecular formula is C22H23N3O4S. The van der Waals surface area contributed by atoms with Gasteiger partial charge in [-0.05, 0) is 43.2 Å². The summed E-state index contributed by atoms with van der Waals surface area (Å²) in [7, 11) is -3.93. The van der Waals surface area contributed by atoms with E-state index in [1.54, 1.807) is 30.3 Å². The van der Waals surface area contributed by atoms with Crippen molar-refractivity contribution in [1.82, 2.24) is 4.90 Å². The normalized spacial score (nSPS) is 17.4. The minimum absolute atomic E-state index is 0.00980. The Labute approximate surface area is 176 Å². The van der Waals surface area contributed by atoms with E-state index < -0.39 is 10.0 Å². The molecule has 0 unspecified atom stereocenters. The SMILES string of the molecule is N#Cc1ccccc1S(=O)(=O)Nc1ccc2c(c1)CN(C1CCCCC1)C(=O)CO2. The maximum absolute atomic E-state index is 12.8. The van der Waals surface area contributed by atoms with Crippen LogP contribution >= 0.6 is 0 Å². The van der Waals surface area contributed by atoms with E-state index in [1.807, 2.05) is 11.0 Å². The van der Waals surface area contributed by atoms with Crippen LogP contribution in [0.15, 0.2) is 47.4 Å². The first-order valence-corrected chi connectivity index (χ1v) is 11.5. The topological polar surface area (TPSA) is 99.5 Å². The van der Waals surface area contributed by atoms with Gasteiger partial charge in [-0.15, -0.1) is 0 Å². The zero-order valence-corrected chi connectivity index (χ0v) is 17.3. The number of benzene rings is 2. The summed E-state index contributed by atoms with van der Waals surface area (Å²) in [4.78, 5) is 14.4. The fraction of sp³-hybridized carbons (Fsp3) is 0.364. The van der Waals surface area contributed by atoms with Crippen LogP contribution in [0.1, 0.15) is 43.2 Å². The molecule has 1 N–H and O–H groups in total. The molecule has 0 spiro atoms. The first kappa shape index (κ1) is 20.2. The summed E-state index contributed by atoms with van der Waals surface area (Å²) in [6.07, 6.45) is 5.39. The summed E-state index contributed by atoms with van der Waals surface area (Å²) in [6, 6.07) is 13.2. The first-order chi connectivity index (χ1) is 14.5. The number of ether oxygens (including phenoxy) is 1. The number of carbonyl (C=O) groups excluding carboxylic acids is 1. The molecule has 1 aliphatic carbocycles. The summed E-state index contributed by atoms with van der Waals surface area (Å²) in [6.45, 7) is 0.382. The van der Waals surface area contributed by atoms with Gasteiger partial charge in [-0.2, -0.15) is 5.26 Å². The molecule has 0 saturated heterocycles. The molecule has 8 heteroatoms. The van der Waals surface area contributed by atoms with Gasteiger partial charge in [0.25, 0.3) is 15.9 Å². The van der Waals surface area contributed by atoms with E-state index in [1.165, 1.54) is 18.6 Å². The van der Waals surface area contributed by atoms with Crippen molar-refractivity contribution >= 4 is 21.6 Å². The molecule has 156 valence electrons. The van der Waals surface area contributed by atoms with Crippen LogP contribution in [0, 0.1) is 11.3 Å². The van der Waals surface area contributed by atoms with E-state index in [0.29, 0.717) is 18.0 Å². The molecule has 4 rings (SSSR count). The van der Waals surface area contributed by atoms with Gasteiger partial charge in [0, 0.05) is 23.8 Å². The van der Waals surface area contributed by atoms with E-state index in [2.05, 4.69) is 4.72 Å². The minimum Gasteiger partial charge on any atom is -0.483 e. The summed E-state index contributed by atoms with van der Waals surface area (Å²) < 4.78 is 33.9. The summed E-state index contributed by atoms with van der Waals surface area (Å²) >= 11 is 0. The zero-order chi connectivity index (χ0) is 21.1. The molecule has 1 fully saturated rings. The van der Waals surface area contributed by atoms with Crippen LogP contribution in [0.5, 0.6) is 5.75 Å². The monoisotopic (exact) mass is 425 g/mol. The first-order valence-electron chi connectivity index (χ1n) is 10.0. The number of carbonyl (C=O) groups is 1. The van der Waals surface area contributed by atoms with E-state index in [9.17, 15) is 18.5 Å². The highest BCUT2D eigenvalue weighted by Crippen LogP contribution is 2.31. The molecule has 0 aromatic heterocycles. The van der Waals surface area contributed by atoms with Gasteiger partial charge in [-0.1, -0.05) is 31.4 Å². The molecule has 1 aliphatic heterocycles. The number of amides is 1. The molecule has 0 bridgehead atoms. The molecule has 30 heavy (non-hydrogen) atoms. The van der Waals surface area contributed by atoms with Crippen LogP contribution in [-0.2, 0) is 21.4 Å². The maximum atomic E-state index is 12.8. The van der Waals surface area contributed by atoms with E-state index in [0.717, 1.165) is 31.2 Å². The van der Waals surface area contributed by atoms with Gasteiger partial charge >= 0.3 is 0 Å². The van der Waals surface area contributed by atoms with Crippen molar-refractivity contribution in [2.24, 2.45) is 0 Å². The minimum atomic E-state index is -3.93. The van der Waals surface area contributed by atoms with Crippen LogP contribution in [0.2, 0.25) is 0 Å². The third kappa shape index (κ3) is 4.12. The highest BCUT2D eigenvalue weighted by Gasteiger charge is 2.29. The molecule has 1 amide bonds. The van der Waals surface area contributed by atoms with E-state index in [-0.39, 0.29) is 29.0 Å². The van der Waals surface area contributed by atoms with Crippen molar-refractivity contribution in [3.8, 4) is 11.8 Å². The Hall–Kier alpha value is -3.05. The number of fused-ring (bicyclic) bond motifs is 1. The van der Waals surface area contributed by atoms with Crippen molar-refractivity contribution in [2.75, 3.05) is 11.3 Å². The lowest BCUT2D eigenvalue weighted by Gasteiger charge is -2.33. The van der Waals surface area contributed by atoms with Gasteiger partial charge < -0.3 is 9.64 Å². The number of nitrogens with one attached hydrogen (secondary N) is 1. The molecule has 0 atom stereocenters. The maximum Gasteiger partial charge on any atom is 0.263 e. The highest BCUT2D eigenvalue weighted by molar-refractivity contribution is 7.92. The number of anilines is 1. The lowest BCUT2D eigenvalue weighted by atomic mass is 9.94. The van der Waals surface area contributed by atoms with Crippen molar-refractivity contribution < 1.29 is 17.9 Å². The standard InChI is InChI=1S/C22H23N3O4S/c23-13-16-6-4-5-9-21(16)30(27,28)24-18-10-11-20-17(12-18)14-25(22(26)15-29-20)19-7-2-1-3-8-19/h4-6,9-12,19,24H,1-3,7-8,14-15H2. The fourth-order valence-corrected chi connectivity index (χ4v) is 5.34. The molecule has 1 heterocycles. The summed E-state index contributed by atoms with van der Waals surface area (Å²) in [5, 5.41) is 9.22. The lowest BCUT2D eigenvalue weighted by Crippen LogP contribution is -2.42. The Morgan fingerprint density at radius 1 is 1.10 bits per heavy atom. The average molecular weight is 426 g/mol. The van der Waals surface area contributed by atoms with Gasteiger partial charge in [-0.3, -0.25) is 9.52 Å². The van der Waals surface area contributed by atoms with E-state index in [4.69, 9.17) is 4.74 Å². The third-order valence-electron chi connectivity index (χ3n) is 5.64. The molecule has 7 nitrogen and oxygen atoms in total. The molecule has 0 radical (unpaired) electrons. The number of nitrogens with zero attached hydrogens (tertiary/aromatic N) is 2. The van der Waals surface area contributed by atoms with Gasteiger partial charge in [0.1, 0.15) is 16.7 Å². The van der Waals surface area contributed by atoms with Gasteiger partial charge in [0.05, 0.1) is 5.56 Å². The molecule has 1 saturated carbocycles. The number of rotatable bonds is 4. The average Bonchev–Trinajstić information content (AvgIpc) is 2.92. The number of hydrogen-bond donors (Lipinski definition) is 1. The summed E-state index contributed by atoms with van der Waals surface area (Å²) in [5.74, 6) is 0.546. The Kier molecular flexibility index (Phi) is 5.64. The predicted molar refractivity (Wildman–Crippen MR) is 111 cm³/mol. The van der Waals surface area contributed by atoms with Crippen molar-refractivity contribution in [1.29, 1.82) is 5.26 Å². The second-order valence-corrected chi connectivity index (χ2v) is 9.29. The van der Waals surface area contributed by atoms with Gasteiger partial charge in [0.2, 0.25) is 0 Å². The van der Waals surface area contributed by atoms with Crippen molar-refractivity contribution in [3.63, 3.8) is 0 Å². The Morgan fingerprint density at radius 3 is 2.63 bits per heavy atom.